The number of nitrogens with one attached hydrogen (secondary N) is 2. The number of phenols is 1. The molecule has 0 radical (unpaired) electrons. The number of aromatic hydroxyl groups is 1. The number of phenolic OH excluding ortho intramolecular Hbond substituents is 1. The maximum atomic E-state index is 10.7. The van der Waals surface area contributed by atoms with E-state index in [-0.39, 0.29) is 18.0 Å². The van der Waals surface area contributed by atoms with E-state index in [1.807, 2.05) is 19.1 Å². The molecule has 2 unspecified atom stereocenters. The van der Waals surface area contributed by atoms with Gasteiger partial charge in [0.15, 0.2) is 11.5 Å². The Morgan fingerprint density at radius 3 is 2.50 bits per heavy atom. The van der Waals surface area contributed by atoms with E-state index in [4.69, 9.17) is 4.74 Å². The molecule has 0 aliphatic carbocycles. The van der Waals surface area contributed by atoms with Gasteiger partial charge in [0.2, 0.25) is 0 Å². The van der Waals surface area contributed by atoms with Crippen LogP contribution in [0.4, 0.5) is 0 Å². The first-order valence-corrected chi connectivity index (χ1v) is 9.25. The molecule has 1 aliphatic heterocycles. The quantitative estimate of drug-likeness (QED) is 0.748. The Kier molecular flexibility index (Phi) is 5.52. The molecule has 0 saturated heterocycles. The van der Waals surface area contributed by atoms with Crippen molar-refractivity contribution < 1.29 is 9.84 Å². The van der Waals surface area contributed by atoms with Gasteiger partial charge in [0.25, 0.3) is 0 Å². The first-order valence-electron chi connectivity index (χ1n) is 9.25. The molecule has 4 nitrogen and oxygen atoms in total. The number of aryl methyl sites for hydroxylation is 1. The summed E-state index contributed by atoms with van der Waals surface area (Å²) in [5, 5.41) is 17.8. The van der Waals surface area contributed by atoms with Crippen LogP contribution in [0.15, 0.2) is 48.5 Å². The van der Waals surface area contributed by atoms with Crippen molar-refractivity contribution in [3.63, 3.8) is 0 Å². The second-order valence-corrected chi connectivity index (χ2v) is 7.08. The molecule has 0 spiro atoms. The molecule has 0 aromatic heterocycles. The van der Waals surface area contributed by atoms with Gasteiger partial charge in [-0.3, -0.25) is 5.32 Å². The summed E-state index contributed by atoms with van der Waals surface area (Å²) in [4.78, 5) is 0. The van der Waals surface area contributed by atoms with Gasteiger partial charge in [-0.05, 0) is 37.5 Å². The fourth-order valence-electron chi connectivity index (χ4n) is 3.18. The highest BCUT2D eigenvalue weighted by molar-refractivity contribution is 5.67. The van der Waals surface area contributed by atoms with Gasteiger partial charge in [0.05, 0.1) is 18.8 Å². The van der Waals surface area contributed by atoms with E-state index < -0.39 is 0 Å². The summed E-state index contributed by atoms with van der Waals surface area (Å²) in [7, 11) is 0. The second kappa shape index (κ2) is 7.83. The molecular formula is C22H28N2O2. The van der Waals surface area contributed by atoms with Gasteiger partial charge in [-0.25, -0.2) is 0 Å². The molecule has 138 valence electrons. The highest BCUT2D eigenvalue weighted by Gasteiger charge is 2.27. The van der Waals surface area contributed by atoms with Crippen molar-refractivity contribution >= 4 is 5.70 Å². The van der Waals surface area contributed by atoms with Crippen LogP contribution >= 0.6 is 0 Å². The summed E-state index contributed by atoms with van der Waals surface area (Å²) in [5.41, 5.74) is 4.29. The van der Waals surface area contributed by atoms with Crippen LogP contribution in [0.5, 0.6) is 11.5 Å². The zero-order chi connectivity index (χ0) is 18.7. The Bertz CT molecular complexity index is 781. The van der Waals surface area contributed by atoms with Crippen LogP contribution in [0.1, 0.15) is 43.5 Å². The second-order valence-electron chi connectivity index (χ2n) is 7.08. The number of ether oxygens (including phenoxy) is 1. The fourth-order valence-corrected chi connectivity index (χ4v) is 3.18. The lowest BCUT2D eigenvalue weighted by molar-refractivity contribution is 0.309. The van der Waals surface area contributed by atoms with Crippen LogP contribution in [0, 0.1) is 12.8 Å². The highest BCUT2D eigenvalue weighted by atomic mass is 16.5. The van der Waals surface area contributed by atoms with Gasteiger partial charge in [0.1, 0.15) is 0 Å². The van der Waals surface area contributed by atoms with Crippen molar-refractivity contribution in [3.05, 3.63) is 65.2 Å². The standard InChI is InChI=1S/C22H28N2O2/c1-5-26-20-8-6-7-17(21(20)25)19-13-18(23-22(24-19)14(2)3)16-11-9-15(4)10-12-16/h6-14,19,22-25H,5H2,1-4H3. The van der Waals surface area contributed by atoms with Gasteiger partial charge in [-0.15, -0.1) is 0 Å². The highest BCUT2D eigenvalue weighted by Crippen LogP contribution is 2.36. The van der Waals surface area contributed by atoms with Crippen molar-refractivity contribution in [1.82, 2.24) is 10.6 Å². The molecule has 0 fully saturated rings. The van der Waals surface area contributed by atoms with E-state index in [0.717, 1.165) is 16.8 Å². The molecule has 0 saturated carbocycles. The van der Waals surface area contributed by atoms with Crippen molar-refractivity contribution in [3.8, 4) is 11.5 Å². The van der Waals surface area contributed by atoms with Gasteiger partial charge in [0, 0.05) is 11.3 Å². The molecule has 3 rings (SSSR count). The summed E-state index contributed by atoms with van der Waals surface area (Å²) >= 11 is 0. The van der Waals surface area contributed by atoms with Crippen molar-refractivity contribution in [2.45, 2.75) is 39.9 Å². The lowest BCUT2D eigenvalue weighted by atomic mass is 9.96. The number of hydrogen-bond donors (Lipinski definition) is 3. The summed E-state index contributed by atoms with van der Waals surface area (Å²) in [6.45, 7) is 8.88. The molecule has 4 heteroatoms. The molecule has 1 heterocycles. The van der Waals surface area contributed by atoms with Crippen LogP contribution < -0.4 is 15.4 Å². The predicted molar refractivity (Wildman–Crippen MR) is 106 cm³/mol. The SMILES string of the molecule is CCOc1cccc(C2C=C(c3ccc(C)cc3)NC(C(C)C)N2)c1O. The smallest absolute Gasteiger partial charge is 0.162 e. The Hall–Kier alpha value is -2.46. The minimum absolute atomic E-state index is 0.0969. The zero-order valence-electron chi connectivity index (χ0n) is 15.9. The molecular weight excluding hydrogens is 324 g/mol. The van der Waals surface area contributed by atoms with Crippen molar-refractivity contribution in [1.29, 1.82) is 0 Å². The van der Waals surface area contributed by atoms with Crippen molar-refractivity contribution in [2.75, 3.05) is 6.61 Å². The molecule has 3 N–H and O–H groups in total. The minimum atomic E-state index is -0.0969. The Labute approximate surface area is 155 Å². The predicted octanol–water partition coefficient (Wildman–Crippen LogP) is 4.36. The molecule has 0 amide bonds. The van der Waals surface area contributed by atoms with Gasteiger partial charge >= 0.3 is 0 Å². The van der Waals surface area contributed by atoms with E-state index in [2.05, 4.69) is 61.7 Å². The van der Waals surface area contributed by atoms with Gasteiger partial charge in [-0.1, -0.05) is 55.8 Å². The van der Waals surface area contributed by atoms with Gasteiger partial charge < -0.3 is 15.2 Å². The van der Waals surface area contributed by atoms with E-state index in [1.54, 1.807) is 6.07 Å². The average Bonchev–Trinajstić information content (AvgIpc) is 2.64. The number of para-hydroxylation sites is 1. The monoisotopic (exact) mass is 352 g/mol. The molecule has 2 atom stereocenters. The fraction of sp³-hybridized carbons (Fsp3) is 0.364. The summed E-state index contributed by atoms with van der Waals surface area (Å²) < 4.78 is 5.55. The van der Waals surface area contributed by atoms with Gasteiger partial charge in [-0.2, -0.15) is 0 Å². The number of rotatable bonds is 5. The summed E-state index contributed by atoms with van der Waals surface area (Å²) in [6.07, 6.45) is 2.24. The Morgan fingerprint density at radius 2 is 1.85 bits per heavy atom. The zero-order valence-corrected chi connectivity index (χ0v) is 15.9. The van der Waals surface area contributed by atoms with Crippen LogP contribution in [-0.4, -0.2) is 17.9 Å². The van der Waals surface area contributed by atoms with Crippen LogP contribution in [0.25, 0.3) is 5.70 Å². The number of benzene rings is 2. The molecule has 1 aliphatic rings. The Balaban J connectivity index is 2.00. The molecule has 2 aromatic rings. The first-order chi connectivity index (χ1) is 12.5. The van der Waals surface area contributed by atoms with Crippen LogP contribution in [0.3, 0.4) is 0 Å². The summed E-state index contributed by atoms with van der Waals surface area (Å²) in [5.74, 6) is 1.12. The van der Waals surface area contributed by atoms with E-state index in [1.165, 1.54) is 5.56 Å². The molecule has 26 heavy (non-hydrogen) atoms. The maximum absolute atomic E-state index is 10.7. The van der Waals surface area contributed by atoms with Crippen molar-refractivity contribution in [2.24, 2.45) is 5.92 Å². The van der Waals surface area contributed by atoms with Crippen LogP contribution in [-0.2, 0) is 0 Å². The van der Waals surface area contributed by atoms with E-state index >= 15 is 0 Å². The minimum Gasteiger partial charge on any atom is -0.504 e. The summed E-state index contributed by atoms with van der Waals surface area (Å²) in [6, 6.07) is 14.1. The third kappa shape index (κ3) is 3.86. The molecule has 2 aromatic carbocycles. The largest absolute Gasteiger partial charge is 0.504 e. The van der Waals surface area contributed by atoms with E-state index in [0.29, 0.717) is 18.3 Å². The third-order valence-corrected chi connectivity index (χ3v) is 4.70. The van der Waals surface area contributed by atoms with Crippen LogP contribution in [0.2, 0.25) is 0 Å². The topological polar surface area (TPSA) is 53.5 Å². The molecule has 0 bridgehead atoms. The lowest BCUT2D eigenvalue weighted by Gasteiger charge is -2.35. The number of hydrogen-bond acceptors (Lipinski definition) is 4. The lowest BCUT2D eigenvalue weighted by Crippen LogP contribution is -2.49. The normalized spacial score (nSPS) is 19.8. The van der Waals surface area contributed by atoms with E-state index in [9.17, 15) is 5.11 Å². The third-order valence-electron chi connectivity index (χ3n) is 4.70. The maximum Gasteiger partial charge on any atom is 0.162 e. The Morgan fingerprint density at radius 1 is 1.12 bits per heavy atom. The first kappa shape index (κ1) is 18.3. The average molecular weight is 352 g/mol.